The van der Waals surface area contributed by atoms with Crippen LogP contribution in [0.1, 0.15) is 30.3 Å². The Labute approximate surface area is 164 Å². The third-order valence-corrected chi connectivity index (χ3v) is 6.49. The number of sulfonamides is 1. The van der Waals surface area contributed by atoms with E-state index in [1.54, 1.807) is 24.4 Å². The van der Waals surface area contributed by atoms with E-state index in [1.807, 2.05) is 0 Å². The fourth-order valence-corrected chi connectivity index (χ4v) is 4.90. The predicted octanol–water partition coefficient (Wildman–Crippen LogP) is 3.68. The van der Waals surface area contributed by atoms with Crippen molar-refractivity contribution in [3.63, 3.8) is 0 Å². The third-order valence-electron chi connectivity index (χ3n) is 4.58. The van der Waals surface area contributed by atoms with E-state index in [-0.39, 0.29) is 18.3 Å². The van der Waals surface area contributed by atoms with E-state index in [0.717, 1.165) is 22.5 Å². The summed E-state index contributed by atoms with van der Waals surface area (Å²) in [6.45, 7) is 0.143. The summed E-state index contributed by atoms with van der Waals surface area (Å²) in [6.07, 6.45) is -2.15. The normalized spacial score (nSPS) is 18.2. The molecule has 1 aromatic carbocycles. The maximum atomic E-state index is 13.0. The van der Waals surface area contributed by atoms with Gasteiger partial charge in [0.2, 0.25) is 15.9 Å². The summed E-state index contributed by atoms with van der Waals surface area (Å²) in [7, 11) is -4.18. The van der Waals surface area contributed by atoms with Crippen LogP contribution in [0.4, 0.5) is 13.2 Å². The first-order valence-corrected chi connectivity index (χ1v) is 10.1. The van der Waals surface area contributed by atoms with Gasteiger partial charge in [0.1, 0.15) is 11.7 Å². The van der Waals surface area contributed by atoms with Crippen LogP contribution in [0.5, 0.6) is 0 Å². The molecule has 0 spiro atoms. The van der Waals surface area contributed by atoms with Gasteiger partial charge in [-0.15, -0.1) is 10.2 Å². The van der Waals surface area contributed by atoms with E-state index < -0.39 is 32.7 Å². The van der Waals surface area contributed by atoms with Crippen LogP contribution in [-0.4, -0.2) is 34.4 Å². The van der Waals surface area contributed by atoms with Crippen molar-refractivity contribution in [1.82, 2.24) is 19.5 Å². The van der Waals surface area contributed by atoms with Gasteiger partial charge in [-0.05, 0) is 43.2 Å². The highest BCUT2D eigenvalue weighted by Crippen LogP contribution is 2.38. The molecule has 0 radical (unpaired) electrons. The Morgan fingerprint density at radius 1 is 1.10 bits per heavy atom. The van der Waals surface area contributed by atoms with E-state index in [1.165, 1.54) is 0 Å². The zero-order valence-corrected chi connectivity index (χ0v) is 15.7. The monoisotopic (exact) mass is 424 g/mol. The SMILES string of the molecule is O=S(=O)(c1cccc(C(F)(F)F)c1)N1CCC[C@@H]1c1nnc(-c2ccccn2)o1. The van der Waals surface area contributed by atoms with Crippen molar-refractivity contribution in [2.45, 2.75) is 30.0 Å². The third kappa shape index (κ3) is 3.75. The molecule has 0 aliphatic carbocycles. The molecule has 0 saturated carbocycles. The maximum absolute atomic E-state index is 13.0. The van der Waals surface area contributed by atoms with Crippen molar-refractivity contribution >= 4 is 10.0 Å². The lowest BCUT2D eigenvalue weighted by molar-refractivity contribution is -0.137. The number of pyridine rings is 1. The van der Waals surface area contributed by atoms with E-state index in [2.05, 4.69) is 15.2 Å². The fraction of sp³-hybridized carbons (Fsp3) is 0.278. The molecular weight excluding hydrogens is 409 g/mol. The lowest BCUT2D eigenvalue weighted by Crippen LogP contribution is -2.31. The van der Waals surface area contributed by atoms with Gasteiger partial charge in [-0.3, -0.25) is 4.98 Å². The van der Waals surface area contributed by atoms with Crippen molar-refractivity contribution in [2.24, 2.45) is 0 Å². The molecule has 0 bridgehead atoms. The minimum Gasteiger partial charge on any atom is -0.417 e. The molecule has 0 N–H and O–H groups in total. The summed E-state index contributed by atoms with van der Waals surface area (Å²) in [5.41, 5.74) is -0.582. The molecule has 3 aromatic rings. The molecule has 0 amide bonds. The Morgan fingerprint density at radius 3 is 2.66 bits per heavy atom. The van der Waals surface area contributed by atoms with Crippen LogP contribution < -0.4 is 0 Å². The summed E-state index contributed by atoms with van der Waals surface area (Å²) in [4.78, 5) is 3.68. The van der Waals surface area contributed by atoms with E-state index >= 15 is 0 Å². The Balaban J connectivity index is 1.66. The van der Waals surface area contributed by atoms with Crippen molar-refractivity contribution < 1.29 is 26.0 Å². The van der Waals surface area contributed by atoms with Gasteiger partial charge in [0.05, 0.1) is 10.5 Å². The molecule has 4 rings (SSSR count). The van der Waals surface area contributed by atoms with Gasteiger partial charge < -0.3 is 4.42 Å². The fourth-order valence-electron chi connectivity index (χ4n) is 3.20. The van der Waals surface area contributed by atoms with Gasteiger partial charge in [-0.1, -0.05) is 12.1 Å². The molecule has 0 unspecified atom stereocenters. The second-order valence-corrected chi connectivity index (χ2v) is 8.35. The Bertz CT molecular complexity index is 1120. The number of nitrogens with zero attached hydrogens (tertiary/aromatic N) is 4. The summed E-state index contributed by atoms with van der Waals surface area (Å²) >= 11 is 0. The van der Waals surface area contributed by atoms with Crippen LogP contribution >= 0.6 is 0 Å². The number of aromatic nitrogens is 3. The molecule has 2 aromatic heterocycles. The average Bonchev–Trinajstić information content (AvgIpc) is 3.38. The maximum Gasteiger partial charge on any atom is 0.416 e. The molecular formula is C18H15F3N4O3S. The summed E-state index contributed by atoms with van der Waals surface area (Å²) in [6, 6.07) is 8.07. The van der Waals surface area contributed by atoms with E-state index in [0.29, 0.717) is 24.6 Å². The second kappa shape index (κ2) is 7.23. The Hall–Kier alpha value is -2.79. The molecule has 1 atom stereocenters. The molecule has 29 heavy (non-hydrogen) atoms. The second-order valence-electron chi connectivity index (χ2n) is 6.46. The predicted molar refractivity (Wildman–Crippen MR) is 94.8 cm³/mol. The first kappa shape index (κ1) is 19.5. The highest BCUT2D eigenvalue weighted by molar-refractivity contribution is 7.89. The Morgan fingerprint density at radius 2 is 1.93 bits per heavy atom. The van der Waals surface area contributed by atoms with Crippen LogP contribution in [-0.2, 0) is 16.2 Å². The molecule has 3 heterocycles. The summed E-state index contributed by atoms with van der Waals surface area (Å²) in [5.74, 6) is 0.225. The lowest BCUT2D eigenvalue weighted by Gasteiger charge is -2.22. The quantitative estimate of drug-likeness (QED) is 0.635. The van der Waals surface area contributed by atoms with Gasteiger partial charge in [0.15, 0.2) is 0 Å². The van der Waals surface area contributed by atoms with Crippen LogP contribution in [0.2, 0.25) is 0 Å². The molecule has 1 aliphatic heterocycles. The summed E-state index contributed by atoms with van der Waals surface area (Å²) in [5, 5.41) is 7.86. The van der Waals surface area contributed by atoms with Gasteiger partial charge in [-0.2, -0.15) is 17.5 Å². The lowest BCUT2D eigenvalue weighted by atomic mass is 10.2. The van der Waals surface area contributed by atoms with Crippen LogP contribution in [0.3, 0.4) is 0 Å². The van der Waals surface area contributed by atoms with Gasteiger partial charge in [0, 0.05) is 12.7 Å². The van der Waals surface area contributed by atoms with Crippen LogP contribution in [0.25, 0.3) is 11.6 Å². The number of benzene rings is 1. The molecule has 1 saturated heterocycles. The largest absolute Gasteiger partial charge is 0.417 e. The van der Waals surface area contributed by atoms with Crippen LogP contribution in [0, 0.1) is 0 Å². The zero-order valence-electron chi connectivity index (χ0n) is 14.9. The molecule has 1 fully saturated rings. The number of rotatable bonds is 4. The average molecular weight is 424 g/mol. The number of alkyl halides is 3. The van der Waals surface area contributed by atoms with Gasteiger partial charge >= 0.3 is 6.18 Å². The number of hydrogen-bond acceptors (Lipinski definition) is 6. The number of hydrogen-bond donors (Lipinski definition) is 0. The van der Waals surface area contributed by atoms with Gasteiger partial charge in [-0.25, -0.2) is 8.42 Å². The Kier molecular flexibility index (Phi) is 4.87. The standard InChI is InChI=1S/C18H15F3N4O3S/c19-18(20,21)12-5-3-6-13(11-12)29(26,27)25-10-4-8-15(25)17-24-23-16(28-17)14-7-1-2-9-22-14/h1-3,5-7,9,11,15H,4,8,10H2/t15-/m1/s1. The van der Waals surface area contributed by atoms with E-state index in [4.69, 9.17) is 4.42 Å². The van der Waals surface area contributed by atoms with E-state index in [9.17, 15) is 21.6 Å². The highest BCUT2D eigenvalue weighted by atomic mass is 32.2. The first-order valence-electron chi connectivity index (χ1n) is 8.71. The highest BCUT2D eigenvalue weighted by Gasteiger charge is 2.40. The molecule has 11 heteroatoms. The molecule has 1 aliphatic rings. The zero-order chi connectivity index (χ0) is 20.6. The molecule has 152 valence electrons. The molecule has 7 nitrogen and oxygen atoms in total. The topological polar surface area (TPSA) is 89.2 Å². The van der Waals surface area contributed by atoms with Gasteiger partial charge in [0.25, 0.3) is 5.89 Å². The smallest absolute Gasteiger partial charge is 0.416 e. The van der Waals surface area contributed by atoms with Crippen molar-refractivity contribution in [3.05, 3.63) is 60.1 Å². The van der Waals surface area contributed by atoms with Crippen molar-refractivity contribution in [1.29, 1.82) is 0 Å². The first-order chi connectivity index (χ1) is 13.8. The summed E-state index contributed by atoms with van der Waals surface area (Å²) < 4.78 is 71.8. The van der Waals surface area contributed by atoms with Crippen molar-refractivity contribution in [3.8, 4) is 11.6 Å². The van der Waals surface area contributed by atoms with Crippen molar-refractivity contribution in [2.75, 3.05) is 6.54 Å². The minimum atomic E-state index is -4.64. The number of halogens is 3. The van der Waals surface area contributed by atoms with Crippen LogP contribution in [0.15, 0.2) is 58.0 Å². The minimum absolute atomic E-state index is 0.0821.